The predicted molar refractivity (Wildman–Crippen MR) is 99.3 cm³/mol. The van der Waals surface area contributed by atoms with Crippen LogP contribution >= 0.6 is 11.3 Å². The Kier molecular flexibility index (Phi) is 4.81. The number of hydrogen-bond donors (Lipinski definition) is 2. The van der Waals surface area contributed by atoms with Crippen molar-refractivity contribution in [2.24, 2.45) is 5.73 Å². The van der Waals surface area contributed by atoms with Crippen LogP contribution in [0, 0.1) is 0 Å². The Labute approximate surface area is 151 Å². The van der Waals surface area contributed by atoms with Gasteiger partial charge in [0, 0.05) is 4.88 Å². The monoisotopic (exact) mass is 358 g/mol. The van der Waals surface area contributed by atoms with E-state index < -0.39 is 11.5 Å². The number of para-hydroxylation sites is 1. The first-order chi connectivity index (χ1) is 11.9. The van der Waals surface area contributed by atoms with Crippen LogP contribution in [0.4, 0.5) is 5.00 Å². The molecule has 3 rings (SSSR count). The van der Waals surface area contributed by atoms with Gasteiger partial charge >= 0.3 is 0 Å². The number of anilines is 1. The highest BCUT2D eigenvalue weighted by atomic mass is 32.1. The van der Waals surface area contributed by atoms with Crippen molar-refractivity contribution in [2.45, 2.75) is 45.1 Å². The third-order valence-corrected chi connectivity index (χ3v) is 5.52. The Bertz CT molecular complexity index is 797. The van der Waals surface area contributed by atoms with E-state index in [9.17, 15) is 9.59 Å². The van der Waals surface area contributed by atoms with Gasteiger partial charge in [-0.05, 0) is 57.2 Å². The van der Waals surface area contributed by atoms with Crippen LogP contribution in [0.5, 0.6) is 5.75 Å². The van der Waals surface area contributed by atoms with Crippen LogP contribution in [0.15, 0.2) is 30.3 Å². The molecule has 1 aromatic carbocycles. The number of thiophene rings is 1. The van der Waals surface area contributed by atoms with E-state index in [4.69, 9.17) is 10.5 Å². The first-order valence-corrected chi connectivity index (χ1v) is 9.20. The van der Waals surface area contributed by atoms with E-state index in [1.54, 1.807) is 26.0 Å². The molecule has 132 valence electrons. The normalized spacial score (nSPS) is 13.8. The van der Waals surface area contributed by atoms with Gasteiger partial charge in [-0.2, -0.15) is 0 Å². The van der Waals surface area contributed by atoms with Crippen molar-refractivity contribution in [3.05, 3.63) is 46.3 Å². The number of fused-ring (bicyclic) bond motifs is 1. The quantitative estimate of drug-likeness (QED) is 0.858. The van der Waals surface area contributed by atoms with Crippen molar-refractivity contribution in [1.82, 2.24) is 0 Å². The molecule has 0 saturated carbocycles. The molecule has 0 unspecified atom stereocenters. The van der Waals surface area contributed by atoms with E-state index in [1.807, 2.05) is 18.2 Å². The van der Waals surface area contributed by atoms with Crippen molar-refractivity contribution < 1.29 is 14.3 Å². The lowest BCUT2D eigenvalue weighted by Gasteiger charge is -2.25. The van der Waals surface area contributed by atoms with E-state index in [2.05, 4.69) is 5.32 Å². The molecule has 2 amide bonds. The first kappa shape index (κ1) is 17.5. The number of carbonyl (C=O) groups is 2. The van der Waals surface area contributed by atoms with Crippen molar-refractivity contribution in [2.75, 3.05) is 5.32 Å². The zero-order valence-electron chi connectivity index (χ0n) is 14.4. The lowest BCUT2D eigenvalue weighted by molar-refractivity contribution is -0.128. The summed E-state index contributed by atoms with van der Waals surface area (Å²) in [6.45, 7) is 3.40. The third-order valence-electron chi connectivity index (χ3n) is 4.31. The van der Waals surface area contributed by atoms with Crippen molar-refractivity contribution >= 4 is 28.2 Å². The maximum absolute atomic E-state index is 12.7. The van der Waals surface area contributed by atoms with Gasteiger partial charge in [-0.25, -0.2) is 0 Å². The zero-order chi connectivity index (χ0) is 18.0. The van der Waals surface area contributed by atoms with Crippen molar-refractivity contribution in [1.29, 1.82) is 0 Å². The van der Waals surface area contributed by atoms with E-state index in [0.717, 1.165) is 36.1 Å². The van der Waals surface area contributed by atoms with Crippen LogP contribution in [0.2, 0.25) is 0 Å². The number of aryl methyl sites for hydroxylation is 1. The summed E-state index contributed by atoms with van der Waals surface area (Å²) in [5.74, 6) is -0.183. The Hall–Kier alpha value is -2.34. The van der Waals surface area contributed by atoms with Gasteiger partial charge in [0.15, 0.2) is 5.60 Å². The third kappa shape index (κ3) is 3.69. The van der Waals surface area contributed by atoms with Gasteiger partial charge in [0.1, 0.15) is 10.8 Å². The molecule has 25 heavy (non-hydrogen) atoms. The summed E-state index contributed by atoms with van der Waals surface area (Å²) in [5, 5.41) is 3.40. The molecular weight excluding hydrogens is 336 g/mol. The molecule has 5 nitrogen and oxygen atoms in total. The fourth-order valence-electron chi connectivity index (χ4n) is 3.00. The van der Waals surface area contributed by atoms with Crippen LogP contribution in [0.25, 0.3) is 0 Å². The highest BCUT2D eigenvalue weighted by Crippen LogP contribution is 2.38. The molecule has 2 aromatic rings. The molecule has 0 saturated heterocycles. The number of amides is 2. The Morgan fingerprint density at radius 2 is 1.84 bits per heavy atom. The first-order valence-electron chi connectivity index (χ1n) is 8.38. The van der Waals surface area contributed by atoms with Crippen molar-refractivity contribution in [3.63, 3.8) is 0 Å². The van der Waals surface area contributed by atoms with Crippen LogP contribution in [0.1, 0.15) is 47.5 Å². The molecule has 0 radical (unpaired) electrons. The molecule has 0 aliphatic heterocycles. The minimum atomic E-state index is -1.08. The number of primary amides is 1. The molecule has 0 bridgehead atoms. The summed E-state index contributed by atoms with van der Waals surface area (Å²) in [6.07, 6.45) is 3.91. The number of nitrogens with two attached hydrogens (primary N) is 1. The van der Waals surface area contributed by atoms with E-state index >= 15 is 0 Å². The lowest BCUT2D eigenvalue weighted by atomic mass is 9.95. The molecule has 6 heteroatoms. The van der Waals surface area contributed by atoms with Gasteiger partial charge in [0.05, 0.1) is 5.56 Å². The standard InChI is InChI=1S/C19H22N2O3S/c1-19(2,24-12-8-4-3-5-9-12)18(23)21-17-15(16(20)22)13-10-6-7-11-14(13)25-17/h3-5,8-9H,6-7,10-11H2,1-2H3,(H2,20,22)(H,21,23). The van der Waals surface area contributed by atoms with Crippen LogP contribution in [-0.4, -0.2) is 17.4 Å². The van der Waals surface area contributed by atoms with Gasteiger partial charge < -0.3 is 15.8 Å². The van der Waals surface area contributed by atoms with E-state index in [-0.39, 0.29) is 5.91 Å². The SMILES string of the molecule is CC(C)(Oc1ccccc1)C(=O)Nc1sc2c(c1C(N)=O)CCCC2. The van der Waals surface area contributed by atoms with Crippen LogP contribution in [-0.2, 0) is 17.6 Å². The minimum Gasteiger partial charge on any atom is -0.478 e. The fraction of sp³-hybridized carbons (Fsp3) is 0.368. The van der Waals surface area contributed by atoms with Gasteiger partial charge in [-0.15, -0.1) is 11.3 Å². The summed E-state index contributed by atoms with van der Waals surface area (Å²) < 4.78 is 5.81. The smallest absolute Gasteiger partial charge is 0.268 e. The average molecular weight is 358 g/mol. The maximum Gasteiger partial charge on any atom is 0.268 e. The molecule has 1 aliphatic rings. The predicted octanol–water partition coefficient (Wildman–Crippen LogP) is 3.52. The largest absolute Gasteiger partial charge is 0.478 e. The number of nitrogens with one attached hydrogen (secondary N) is 1. The summed E-state index contributed by atoms with van der Waals surface area (Å²) in [4.78, 5) is 25.8. The topological polar surface area (TPSA) is 81.4 Å². The van der Waals surface area contributed by atoms with Gasteiger partial charge in [-0.1, -0.05) is 18.2 Å². The van der Waals surface area contributed by atoms with Crippen molar-refractivity contribution in [3.8, 4) is 5.75 Å². The number of hydrogen-bond acceptors (Lipinski definition) is 4. The molecule has 3 N–H and O–H groups in total. The number of benzene rings is 1. The van der Waals surface area contributed by atoms with Gasteiger partial charge in [0.2, 0.25) is 0 Å². The van der Waals surface area contributed by atoms with Crippen LogP contribution in [0.3, 0.4) is 0 Å². The Morgan fingerprint density at radius 3 is 2.52 bits per heavy atom. The van der Waals surface area contributed by atoms with E-state index in [1.165, 1.54) is 11.3 Å². The summed E-state index contributed by atoms with van der Waals surface area (Å²) >= 11 is 1.45. The zero-order valence-corrected chi connectivity index (χ0v) is 15.2. The Balaban J connectivity index is 1.83. The molecular formula is C19H22N2O3S. The average Bonchev–Trinajstić information content (AvgIpc) is 2.93. The second kappa shape index (κ2) is 6.88. The number of carbonyl (C=O) groups excluding carboxylic acids is 2. The highest BCUT2D eigenvalue weighted by molar-refractivity contribution is 7.17. The fourth-order valence-corrected chi connectivity index (χ4v) is 4.29. The second-order valence-corrected chi connectivity index (χ2v) is 7.76. The maximum atomic E-state index is 12.7. The minimum absolute atomic E-state index is 0.308. The lowest BCUT2D eigenvalue weighted by Crippen LogP contribution is -2.42. The summed E-state index contributed by atoms with van der Waals surface area (Å²) in [7, 11) is 0. The molecule has 0 atom stereocenters. The molecule has 0 spiro atoms. The molecule has 1 aromatic heterocycles. The molecule has 1 heterocycles. The van der Waals surface area contributed by atoms with E-state index in [0.29, 0.717) is 16.3 Å². The van der Waals surface area contributed by atoms with Crippen LogP contribution < -0.4 is 15.8 Å². The molecule has 1 aliphatic carbocycles. The highest BCUT2D eigenvalue weighted by Gasteiger charge is 2.33. The summed E-state index contributed by atoms with van der Waals surface area (Å²) in [6, 6.07) is 9.18. The van der Waals surface area contributed by atoms with Gasteiger partial charge in [-0.3, -0.25) is 9.59 Å². The molecule has 0 fully saturated rings. The summed E-state index contributed by atoms with van der Waals surface area (Å²) in [5.41, 5.74) is 5.96. The second-order valence-electron chi connectivity index (χ2n) is 6.66. The van der Waals surface area contributed by atoms with Gasteiger partial charge in [0.25, 0.3) is 11.8 Å². The Morgan fingerprint density at radius 1 is 1.16 bits per heavy atom. The number of rotatable bonds is 5. The number of ether oxygens (including phenoxy) is 1.